The summed E-state index contributed by atoms with van der Waals surface area (Å²) in [5.41, 5.74) is 2.16. The average molecular weight is 428 g/mol. The molecular weight excluding hydrogens is 402 g/mol. The molecule has 3 rings (SSSR count). The minimum absolute atomic E-state index is 0.0317. The second-order valence-electron chi connectivity index (χ2n) is 7.21. The van der Waals surface area contributed by atoms with Crippen molar-refractivity contribution in [2.24, 2.45) is 5.14 Å². The summed E-state index contributed by atoms with van der Waals surface area (Å²) in [5.74, 6) is -0.172. The summed E-state index contributed by atoms with van der Waals surface area (Å²) in [6, 6.07) is 15.6. The predicted molar refractivity (Wildman–Crippen MR) is 115 cm³/mol. The van der Waals surface area contributed by atoms with Gasteiger partial charge in [-0.25, -0.2) is 13.6 Å². The molecule has 0 spiro atoms. The van der Waals surface area contributed by atoms with Gasteiger partial charge in [0.1, 0.15) is 0 Å². The van der Waals surface area contributed by atoms with E-state index in [0.717, 1.165) is 38.3 Å². The molecular formula is C21H25N5O3S. The first-order valence-corrected chi connectivity index (χ1v) is 11.3. The van der Waals surface area contributed by atoms with Crippen LogP contribution in [0, 0.1) is 11.3 Å². The van der Waals surface area contributed by atoms with Crippen LogP contribution in [0.3, 0.4) is 0 Å². The van der Waals surface area contributed by atoms with Crippen LogP contribution in [0.5, 0.6) is 0 Å². The third-order valence-electron chi connectivity index (χ3n) is 5.05. The Labute approximate surface area is 176 Å². The number of primary sulfonamides is 1. The Morgan fingerprint density at radius 1 is 1.10 bits per heavy atom. The van der Waals surface area contributed by atoms with E-state index in [2.05, 4.69) is 21.2 Å². The standard InChI is InChI=1S/C21H25N5O3S/c22-16-17-5-7-19(8-6-17)26-11-2-10-25(13-14-26)12-9-21(27)24-18-3-1-4-20(15-18)30(23,28)29/h1,3-8,15H,2,9-14H2,(H,24,27)(H2,23,28,29). The van der Waals surface area contributed by atoms with Crippen molar-refractivity contribution >= 4 is 27.3 Å². The summed E-state index contributed by atoms with van der Waals surface area (Å²) in [5, 5.41) is 16.8. The summed E-state index contributed by atoms with van der Waals surface area (Å²) in [6.07, 6.45) is 1.30. The lowest BCUT2D eigenvalue weighted by atomic mass is 10.2. The van der Waals surface area contributed by atoms with Crippen molar-refractivity contribution in [2.45, 2.75) is 17.7 Å². The number of benzene rings is 2. The van der Waals surface area contributed by atoms with Crippen LogP contribution < -0.4 is 15.4 Å². The van der Waals surface area contributed by atoms with Gasteiger partial charge in [0.05, 0.1) is 16.5 Å². The van der Waals surface area contributed by atoms with E-state index in [9.17, 15) is 13.2 Å². The molecule has 0 unspecified atom stereocenters. The zero-order chi connectivity index (χ0) is 21.6. The summed E-state index contributed by atoms with van der Waals surface area (Å²) >= 11 is 0. The van der Waals surface area contributed by atoms with Crippen molar-refractivity contribution in [3.63, 3.8) is 0 Å². The number of hydrogen-bond donors (Lipinski definition) is 2. The fourth-order valence-electron chi connectivity index (χ4n) is 3.43. The second kappa shape index (κ2) is 9.71. The van der Waals surface area contributed by atoms with E-state index in [0.29, 0.717) is 24.2 Å². The van der Waals surface area contributed by atoms with Crippen molar-refractivity contribution in [2.75, 3.05) is 42.9 Å². The first-order chi connectivity index (χ1) is 14.3. The Morgan fingerprint density at radius 2 is 1.87 bits per heavy atom. The number of nitrogens with one attached hydrogen (secondary N) is 1. The Morgan fingerprint density at radius 3 is 2.57 bits per heavy atom. The van der Waals surface area contributed by atoms with Gasteiger partial charge in [0.25, 0.3) is 0 Å². The van der Waals surface area contributed by atoms with Gasteiger partial charge in [-0.1, -0.05) is 6.07 Å². The van der Waals surface area contributed by atoms with Crippen LogP contribution in [0.4, 0.5) is 11.4 Å². The van der Waals surface area contributed by atoms with Crippen molar-refractivity contribution < 1.29 is 13.2 Å². The molecule has 8 nitrogen and oxygen atoms in total. The first kappa shape index (κ1) is 21.8. The zero-order valence-corrected chi connectivity index (χ0v) is 17.4. The molecule has 0 saturated carbocycles. The van der Waals surface area contributed by atoms with E-state index in [1.54, 1.807) is 12.1 Å². The number of nitrogens with zero attached hydrogens (tertiary/aromatic N) is 3. The summed E-state index contributed by atoms with van der Waals surface area (Å²) in [7, 11) is -3.81. The monoisotopic (exact) mass is 427 g/mol. The molecule has 0 aromatic heterocycles. The number of sulfonamides is 1. The van der Waals surface area contributed by atoms with Gasteiger partial charge in [0.2, 0.25) is 15.9 Å². The minimum Gasteiger partial charge on any atom is -0.370 e. The van der Waals surface area contributed by atoms with Crippen LogP contribution in [0.2, 0.25) is 0 Å². The van der Waals surface area contributed by atoms with Gasteiger partial charge < -0.3 is 15.1 Å². The van der Waals surface area contributed by atoms with Gasteiger partial charge in [-0.3, -0.25) is 4.79 Å². The molecule has 1 aliphatic rings. The fourth-order valence-corrected chi connectivity index (χ4v) is 3.99. The quantitative estimate of drug-likeness (QED) is 0.725. The van der Waals surface area contributed by atoms with Gasteiger partial charge in [0.15, 0.2) is 0 Å². The number of nitrogens with two attached hydrogens (primary N) is 1. The molecule has 1 saturated heterocycles. The van der Waals surface area contributed by atoms with Crippen molar-refractivity contribution in [1.29, 1.82) is 5.26 Å². The number of nitriles is 1. The van der Waals surface area contributed by atoms with Crippen LogP contribution in [0.15, 0.2) is 53.4 Å². The molecule has 0 aliphatic carbocycles. The number of carbonyl (C=O) groups excluding carboxylic acids is 1. The molecule has 0 bridgehead atoms. The van der Waals surface area contributed by atoms with Crippen molar-refractivity contribution in [3.05, 3.63) is 54.1 Å². The van der Waals surface area contributed by atoms with E-state index < -0.39 is 10.0 Å². The molecule has 3 N–H and O–H groups in total. The molecule has 9 heteroatoms. The molecule has 1 aliphatic heterocycles. The van der Waals surface area contributed by atoms with Crippen molar-refractivity contribution in [3.8, 4) is 6.07 Å². The maximum atomic E-state index is 12.3. The van der Waals surface area contributed by atoms with E-state index >= 15 is 0 Å². The smallest absolute Gasteiger partial charge is 0.238 e. The third-order valence-corrected chi connectivity index (χ3v) is 5.96. The van der Waals surface area contributed by atoms with Crippen LogP contribution in [-0.2, 0) is 14.8 Å². The van der Waals surface area contributed by atoms with Gasteiger partial charge >= 0.3 is 0 Å². The number of carbonyl (C=O) groups is 1. The third kappa shape index (κ3) is 6.03. The molecule has 2 aromatic rings. The normalized spacial score (nSPS) is 15.3. The van der Waals surface area contributed by atoms with Crippen LogP contribution in [0.25, 0.3) is 0 Å². The highest BCUT2D eigenvalue weighted by Gasteiger charge is 2.16. The number of rotatable bonds is 6. The van der Waals surface area contributed by atoms with Gasteiger partial charge in [0, 0.05) is 44.0 Å². The number of amides is 1. The Balaban J connectivity index is 1.49. The molecule has 2 aromatic carbocycles. The highest BCUT2D eigenvalue weighted by Crippen LogP contribution is 2.18. The molecule has 1 amide bonds. The van der Waals surface area contributed by atoms with Crippen LogP contribution >= 0.6 is 0 Å². The molecule has 158 valence electrons. The first-order valence-electron chi connectivity index (χ1n) is 9.75. The Kier molecular flexibility index (Phi) is 7.05. The van der Waals surface area contributed by atoms with Gasteiger partial charge in [-0.2, -0.15) is 5.26 Å². The Bertz CT molecular complexity index is 1030. The molecule has 1 heterocycles. The molecule has 1 fully saturated rings. The maximum absolute atomic E-state index is 12.3. The van der Waals surface area contributed by atoms with E-state index in [4.69, 9.17) is 10.4 Å². The average Bonchev–Trinajstić information content (AvgIpc) is 2.98. The van der Waals surface area contributed by atoms with E-state index in [1.807, 2.05) is 24.3 Å². The SMILES string of the molecule is N#Cc1ccc(N2CCCN(CCC(=O)Nc3cccc(S(N)(=O)=O)c3)CC2)cc1. The van der Waals surface area contributed by atoms with Crippen LogP contribution in [0.1, 0.15) is 18.4 Å². The van der Waals surface area contributed by atoms with E-state index in [-0.39, 0.29) is 10.8 Å². The largest absolute Gasteiger partial charge is 0.370 e. The maximum Gasteiger partial charge on any atom is 0.238 e. The molecule has 0 atom stereocenters. The number of hydrogen-bond acceptors (Lipinski definition) is 6. The predicted octanol–water partition coefficient (Wildman–Crippen LogP) is 1.75. The zero-order valence-electron chi connectivity index (χ0n) is 16.6. The lowest BCUT2D eigenvalue weighted by molar-refractivity contribution is -0.116. The van der Waals surface area contributed by atoms with Gasteiger partial charge in [-0.05, 0) is 55.4 Å². The summed E-state index contributed by atoms with van der Waals surface area (Å²) < 4.78 is 22.9. The Hall–Kier alpha value is -2.93. The van der Waals surface area contributed by atoms with E-state index in [1.165, 1.54) is 12.1 Å². The molecule has 0 radical (unpaired) electrons. The summed E-state index contributed by atoms with van der Waals surface area (Å²) in [6.45, 7) is 4.15. The lowest BCUT2D eigenvalue weighted by Crippen LogP contribution is -2.32. The highest BCUT2D eigenvalue weighted by molar-refractivity contribution is 7.89. The topological polar surface area (TPSA) is 120 Å². The second-order valence-corrected chi connectivity index (χ2v) is 8.77. The van der Waals surface area contributed by atoms with Gasteiger partial charge in [-0.15, -0.1) is 0 Å². The minimum atomic E-state index is -3.81. The highest BCUT2D eigenvalue weighted by atomic mass is 32.2. The molecule has 30 heavy (non-hydrogen) atoms. The van der Waals surface area contributed by atoms with Crippen LogP contribution in [-0.4, -0.2) is 51.9 Å². The number of anilines is 2. The fraction of sp³-hybridized carbons (Fsp3) is 0.333. The van der Waals surface area contributed by atoms with Crippen molar-refractivity contribution in [1.82, 2.24) is 4.90 Å². The summed E-state index contributed by atoms with van der Waals surface area (Å²) in [4.78, 5) is 16.8. The lowest BCUT2D eigenvalue weighted by Gasteiger charge is -2.23.